The highest BCUT2D eigenvalue weighted by Gasteiger charge is 2.28. The van der Waals surface area contributed by atoms with Gasteiger partial charge in [-0.05, 0) is 47.0 Å². The largest absolute Gasteiger partial charge is 0.335 e. The smallest absolute Gasteiger partial charge is 0.266 e. The van der Waals surface area contributed by atoms with E-state index in [2.05, 4.69) is 17.0 Å². The Balaban J connectivity index is 1.94. The number of aromatic nitrogens is 3. The highest BCUT2D eigenvalue weighted by molar-refractivity contribution is 7.16. The lowest BCUT2D eigenvalue weighted by atomic mass is 10.0. The minimum Gasteiger partial charge on any atom is -0.335 e. The van der Waals surface area contributed by atoms with E-state index in [1.807, 2.05) is 25.7 Å². The molecule has 2 aromatic heterocycles. The van der Waals surface area contributed by atoms with Gasteiger partial charge in [-0.1, -0.05) is 22.9 Å². The fourth-order valence-electron chi connectivity index (χ4n) is 3.01. The van der Waals surface area contributed by atoms with Crippen LogP contribution in [-0.4, -0.2) is 38.2 Å². The number of thiazole rings is 1. The van der Waals surface area contributed by atoms with Gasteiger partial charge in [-0.25, -0.2) is 9.67 Å². The number of likely N-dealkylation sites (tertiary alicyclic amines) is 1. The molecule has 0 aromatic carbocycles. The Kier molecular flexibility index (Phi) is 4.47. The number of amides is 1. The molecule has 1 amide bonds. The summed E-state index contributed by atoms with van der Waals surface area (Å²) in [5.41, 5.74) is 2.38. The number of hydrogen-bond donors (Lipinski definition) is 0. The van der Waals surface area contributed by atoms with Crippen molar-refractivity contribution in [2.24, 2.45) is 0 Å². The van der Waals surface area contributed by atoms with E-state index < -0.39 is 0 Å². The molecule has 124 valence electrons. The van der Waals surface area contributed by atoms with Crippen LogP contribution in [0.3, 0.4) is 0 Å². The van der Waals surface area contributed by atoms with Gasteiger partial charge in [-0.2, -0.15) is 5.10 Å². The second kappa shape index (κ2) is 6.24. The Hall–Kier alpha value is -1.40. The van der Waals surface area contributed by atoms with Crippen molar-refractivity contribution < 1.29 is 4.79 Å². The van der Waals surface area contributed by atoms with E-state index >= 15 is 0 Å². The number of nitrogens with zero attached hydrogens (tertiary/aromatic N) is 4. The summed E-state index contributed by atoms with van der Waals surface area (Å²) in [5.74, 6) is 0.0890. The molecule has 0 bridgehead atoms. The van der Waals surface area contributed by atoms with Gasteiger partial charge in [0.25, 0.3) is 5.91 Å². The molecule has 1 fully saturated rings. The maximum atomic E-state index is 12.9. The molecule has 0 spiro atoms. The van der Waals surface area contributed by atoms with Crippen molar-refractivity contribution in [2.75, 3.05) is 6.54 Å². The first-order valence-corrected chi connectivity index (χ1v) is 9.10. The summed E-state index contributed by atoms with van der Waals surface area (Å²) in [5, 5.41) is 5.77. The maximum absolute atomic E-state index is 12.9. The van der Waals surface area contributed by atoms with Crippen LogP contribution in [0, 0.1) is 20.8 Å². The van der Waals surface area contributed by atoms with Crippen LogP contribution in [0.25, 0.3) is 5.13 Å². The fraction of sp³-hybridized carbons (Fsp3) is 0.562. The van der Waals surface area contributed by atoms with E-state index in [1.54, 1.807) is 4.68 Å². The summed E-state index contributed by atoms with van der Waals surface area (Å²) in [7, 11) is 0. The van der Waals surface area contributed by atoms with Crippen LogP contribution in [0.1, 0.15) is 52.9 Å². The lowest BCUT2D eigenvalue weighted by molar-refractivity contribution is 0.0639. The SMILES string of the molecule is Cc1nc(-n2nc(C)c(Cl)c2C)sc1C(=O)N1CCCC[C@H]1C. The Morgan fingerprint density at radius 1 is 1.26 bits per heavy atom. The van der Waals surface area contributed by atoms with Gasteiger partial charge < -0.3 is 4.90 Å². The molecular formula is C16H21ClN4OS. The molecule has 23 heavy (non-hydrogen) atoms. The van der Waals surface area contributed by atoms with Crippen LogP contribution in [0.15, 0.2) is 0 Å². The zero-order valence-corrected chi connectivity index (χ0v) is 15.5. The van der Waals surface area contributed by atoms with E-state index in [0.29, 0.717) is 21.1 Å². The molecule has 3 rings (SSSR count). The van der Waals surface area contributed by atoms with Crippen molar-refractivity contribution in [3.8, 4) is 5.13 Å². The minimum absolute atomic E-state index is 0.0890. The predicted molar refractivity (Wildman–Crippen MR) is 92.8 cm³/mol. The molecule has 2 aromatic rings. The first-order chi connectivity index (χ1) is 10.9. The third-order valence-electron chi connectivity index (χ3n) is 4.43. The van der Waals surface area contributed by atoms with Crippen molar-refractivity contribution in [1.82, 2.24) is 19.7 Å². The molecule has 0 radical (unpaired) electrons. The van der Waals surface area contributed by atoms with Crippen LogP contribution in [0.4, 0.5) is 0 Å². The van der Waals surface area contributed by atoms with Crippen molar-refractivity contribution in [3.63, 3.8) is 0 Å². The van der Waals surface area contributed by atoms with Gasteiger partial charge in [0.1, 0.15) is 4.88 Å². The number of rotatable bonds is 2. The Labute approximate surface area is 145 Å². The maximum Gasteiger partial charge on any atom is 0.266 e. The predicted octanol–water partition coefficient (Wildman–Crippen LogP) is 3.92. The molecule has 0 aliphatic carbocycles. The molecule has 5 nitrogen and oxygen atoms in total. The zero-order chi connectivity index (χ0) is 16.7. The topological polar surface area (TPSA) is 51.0 Å². The fourth-order valence-corrected chi connectivity index (χ4v) is 4.16. The average molecular weight is 353 g/mol. The molecule has 7 heteroatoms. The molecule has 0 N–H and O–H groups in total. The highest BCUT2D eigenvalue weighted by atomic mass is 35.5. The van der Waals surface area contributed by atoms with Gasteiger partial charge in [0.2, 0.25) is 5.13 Å². The summed E-state index contributed by atoms with van der Waals surface area (Å²) >= 11 is 7.61. The summed E-state index contributed by atoms with van der Waals surface area (Å²) in [4.78, 5) is 20.1. The van der Waals surface area contributed by atoms with Gasteiger partial charge in [0.15, 0.2) is 0 Å². The summed E-state index contributed by atoms with van der Waals surface area (Å²) in [6.45, 7) is 8.61. The van der Waals surface area contributed by atoms with E-state index in [-0.39, 0.29) is 5.91 Å². The molecular weight excluding hydrogens is 332 g/mol. The Morgan fingerprint density at radius 3 is 2.61 bits per heavy atom. The van der Waals surface area contributed by atoms with E-state index in [1.165, 1.54) is 17.8 Å². The number of hydrogen-bond acceptors (Lipinski definition) is 4. The van der Waals surface area contributed by atoms with E-state index in [4.69, 9.17) is 11.6 Å². The number of halogens is 1. The zero-order valence-electron chi connectivity index (χ0n) is 13.9. The lowest BCUT2D eigenvalue weighted by Gasteiger charge is -2.33. The quantitative estimate of drug-likeness (QED) is 0.823. The first kappa shape index (κ1) is 16.5. The van der Waals surface area contributed by atoms with E-state index in [0.717, 1.165) is 36.5 Å². The molecule has 1 atom stereocenters. The normalized spacial score (nSPS) is 18.5. The minimum atomic E-state index is 0.0890. The highest BCUT2D eigenvalue weighted by Crippen LogP contribution is 2.29. The lowest BCUT2D eigenvalue weighted by Crippen LogP contribution is -2.41. The number of carbonyl (C=O) groups excluding carboxylic acids is 1. The van der Waals surface area contributed by atoms with Crippen LogP contribution < -0.4 is 0 Å². The second-order valence-electron chi connectivity index (χ2n) is 6.15. The summed E-state index contributed by atoms with van der Waals surface area (Å²) in [6, 6.07) is 0.296. The van der Waals surface area contributed by atoms with Gasteiger partial charge in [0.05, 0.1) is 22.1 Å². The molecule has 0 unspecified atom stereocenters. The van der Waals surface area contributed by atoms with Crippen molar-refractivity contribution in [2.45, 2.75) is 53.0 Å². The molecule has 1 aliphatic heterocycles. The van der Waals surface area contributed by atoms with Crippen molar-refractivity contribution in [3.05, 3.63) is 27.0 Å². The van der Waals surface area contributed by atoms with Gasteiger partial charge >= 0.3 is 0 Å². The van der Waals surface area contributed by atoms with Crippen molar-refractivity contribution >= 4 is 28.8 Å². The Morgan fingerprint density at radius 2 is 2.00 bits per heavy atom. The summed E-state index contributed by atoms with van der Waals surface area (Å²) in [6.07, 6.45) is 3.35. The number of carbonyl (C=O) groups is 1. The average Bonchev–Trinajstić information content (AvgIpc) is 3.02. The van der Waals surface area contributed by atoms with Crippen LogP contribution >= 0.6 is 22.9 Å². The van der Waals surface area contributed by atoms with Crippen LogP contribution in [-0.2, 0) is 0 Å². The molecule has 1 aliphatic rings. The second-order valence-corrected chi connectivity index (χ2v) is 7.51. The van der Waals surface area contributed by atoms with Gasteiger partial charge in [0, 0.05) is 12.6 Å². The molecule has 3 heterocycles. The first-order valence-electron chi connectivity index (χ1n) is 7.90. The number of piperidine rings is 1. The molecule has 1 saturated heterocycles. The Bertz CT molecular complexity index is 752. The third-order valence-corrected chi connectivity index (χ3v) is 6.10. The standard InChI is InChI=1S/C16H21ClN4OS/c1-9-7-5-6-8-20(9)15(22)14-11(3)18-16(23-14)21-12(4)13(17)10(2)19-21/h9H,5-8H2,1-4H3/t9-/m1/s1. The summed E-state index contributed by atoms with van der Waals surface area (Å²) < 4.78 is 1.73. The third kappa shape index (κ3) is 2.90. The van der Waals surface area contributed by atoms with Crippen LogP contribution in [0.5, 0.6) is 0 Å². The van der Waals surface area contributed by atoms with E-state index in [9.17, 15) is 4.79 Å². The van der Waals surface area contributed by atoms with Gasteiger partial charge in [-0.15, -0.1) is 0 Å². The van der Waals surface area contributed by atoms with Crippen molar-refractivity contribution in [1.29, 1.82) is 0 Å². The molecule has 0 saturated carbocycles. The number of aryl methyl sites for hydroxylation is 2. The van der Waals surface area contributed by atoms with Crippen LogP contribution in [0.2, 0.25) is 5.02 Å². The van der Waals surface area contributed by atoms with Gasteiger partial charge in [-0.3, -0.25) is 4.79 Å². The monoisotopic (exact) mass is 352 g/mol.